The smallest absolute Gasteiger partial charge is 0.542 e. The summed E-state index contributed by atoms with van der Waals surface area (Å²) in [5.41, 5.74) is 0.0946. The van der Waals surface area contributed by atoms with Gasteiger partial charge >= 0.3 is 29.6 Å². The van der Waals surface area contributed by atoms with E-state index < -0.39 is 23.3 Å². The predicted molar refractivity (Wildman–Crippen MR) is 116 cm³/mol. The van der Waals surface area contributed by atoms with Gasteiger partial charge in [-0.3, -0.25) is 9.59 Å². The second-order valence-corrected chi connectivity index (χ2v) is 7.41. The van der Waals surface area contributed by atoms with E-state index in [4.69, 9.17) is 13.9 Å². The average Bonchev–Trinajstić information content (AvgIpc) is 2.76. The summed E-state index contributed by atoms with van der Waals surface area (Å²) in [5, 5.41) is 31.6. The first kappa shape index (κ1) is 27.4. The van der Waals surface area contributed by atoms with Gasteiger partial charge in [-0.1, -0.05) is 19.4 Å². The number of ketones is 1. The SMILES string of the molecule is CCCc1c(OCC(O)COc2cccc(O)c2C(C)=O)ccc2c(=O)cc(C(=O)[O-])oc12.[Na+]. The second-order valence-electron chi connectivity index (χ2n) is 7.41. The molecule has 0 aliphatic heterocycles. The maximum atomic E-state index is 12.3. The summed E-state index contributed by atoms with van der Waals surface area (Å²) in [6.07, 6.45) is -0.00530. The Balaban J connectivity index is 0.00000408. The number of hydrogen-bond donors (Lipinski definition) is 2. The van der Waals surface area contributed by atoms with Crippen molar-refractivity contribution >= 4 is 22.7 Å². The summed E-state index contributed by atoms with van der Waals surface area (Å²) >= 11 is 0. The topological polar surface area (TPSA) is 146 Å². The van der Waals surface area contributed by atoms with Crippen LogP contribution in [-0.4, -0.2) is 41.3 Å². The fraction of sp³-hybridized carbons (Fsp3) is 0.292. The van der Waals surface area contributed by atoms with Gasteiger partial charge in [0.05, 0.1) is 5.39 Å². The van der Waals surface area contributed by atoms with Gasteiger partial charge in [0.25, 0.3) is 0 Å². The number of rotatable bonds is 10. The Kier molecular flexibility index (Phi) is 9.69. The number of Topliss-reactive ketones (excluding diaryl/α,β-unsaturated/α-hetero) is 1. The van der Waals surface area contributed by atoms with Gasteiger partial charge in [0.15, 0.2) is 17.0 Å². The standard InChI is InChI=1S/C24H24O9.Na/c1-3-5-16-19(9-8-15-18(28)10-21(24(29)30)33-23(15)16)31-11-14(26)12-32-20-7-4-6-17(27)22(20)13(2)25;/h4,6-10,14,26-27H,3,5,11-12H2,1-2H3,(H,29,30);/q;+1/p-1. The van der Waals surface area contributed by atoms with Crippen LogP contribution in [0.5, 0.6) is 17.2 Å². The number of phenols is 1. The number of carboxylic acid groups (broad SMARTS) is 1. The molecule has 0 aliphatic carbocycles. The molecule has 9 nitrogen and oxygen atoms in total. The first-order valence-corrected chi connectivity index (χ1v) is 10.3. The quantitative estimate of drug-likeness (QED) is 0.272. The number of hydrogen-bond acceptors (Lipinski definition) is 9. The second kappa shape index (κ2) is 12.0. The number of aromatic hydroxyl groups is 1. The van der Waals surface area contributed by atoms with Crippen molar-refractivity contribution in [2.24, 2.45) is 0 Å². The number of benzene rings is 2. The van der Waals surface area contributed by atoms with E-state index in [1.165, 1.54) is 31.2 Å². The number of fused-ring (bicyclic) bond motifs is 1. The maximum absolute atomic E-state index is 12.3. The minimum Gasteiger partial charge on any atom is -0.542 e. The number of aryl methyl sites for hydroxylation is 1. The Morgan fingerprint density at radius 2 is 1.79 bits per heavy atom. The average molecular weight is 478 g/mol. The number of phenolic OH excluding ortho intramolecular Hbond substituents is 1. The molecular formula is C24H23NaO9. The normalized spacial score (nSPS) is 11.5. The molecule has 1 atom stereocenters. The van der Waals surface area contributed by atoms with Crippen LogP contribution < -0.4 is 49.6 Å². The largest absolute Gasteiger partial charge is 1.00 e. The Labute approximate surface area is 217 Å². The molecule has 1 unspecified atom stereocenters. The molecule has 0 aliphatic rings. The van der Waals surface area contributed by atoms with Crippen LogP contribution >= 0.6 is 0 Å². The molecule has 0 saturated carbocycles. The van der Waals surface area contributed by atoms with E-state index in [-0.39, 0.29) is 76.6 Å². The molecule has 3 rings (SSSR count). The summed E-state index contributed by atoms with van der Waals surface area (Å²) in [6.45, 7) is 2.78. The summed E-state index contributed by atoms with van der Waals surface area (Å²) in [6, 6.07) is 8.27. The van der Waals surface area contributed by atoms with Crippen LogP contribution in [-0.2, 0) is 6.42 Å². The van der Waals surface area contributed by atoms with Crippen molar-refractivity contribution in [1.82, 2.24) is 0 Å². The first-order valence-electron chi connectivity index (χ1n) is 10.3. The van der Waals surface area contributed by atoms with E-state index in [0.717, 1.165) is 6.07 Å². The number of aliphatic hydroxyl groups excluding tert-OH is 1. The van der Waals surface area contributed by atoms with E-state index in [1.54, 1.807) is 6.07 Å². The zero-order chi connectivity index (χ0) is 24.1. The number of carbonyl (C=O) groups is 2. The first-order chi connectivity index (χ1) is 15.7. The molecule has 0 spiro atoms. The van der Waals surface area contributed by atoms with Crippen molar-refractivity contribution in [2.45, 2.75) is 32.8 Å². The van der Waals surface area contributed by atoms with Gasteiger partial charge < -0.3 is 34.0 Å². The van der Waals surface area contributed by atoms with Gasteiger partial charge in [-0.2, -0.15) is 0 Å². The molecule has 1 heterocycles. The molecular weight excluding hydrogens is 455 g/mol. The van der Waals surface area contributed by atoms with Crippen LogP contribution in [0.3, 0.4) is 0 Å². The Morgan fingerprint density at radius 1 is 1.12 bits per heavy atom. The molecule has 0 bridgehead atoms. The maximum Gasteiger partial charge on any atom is 1.00 e. The minimum absolute atomic E-state index is 0. The summed E-state index contributed by atoms with van der Waals surface area (Å²) in [4.78, 5) is 35.2. The van der Waals surface area contributed by atoms with Gasteiger partial charge in [-0.05, 0) is 37.6 Å². The molecule has 10 heteroatoms. The minimum atomic E-state index is -1.60. The molecule has 0 amide bonds. The Bertz CT molecular complexity index is 1250. The van der Waals surface area contributed by atoms with Gasteiger partial charge in [0, 0.05) is 11.6 Å². The van der Waals surface area contributed by atoms with E-state index in [0.29, 0.717) is 24.2 Å². The number of carboxylic acids is 1. The van der Waals surface area contributed by atoms with Crippen molar-refractivity contribution in [1.29, 1.82) is 0 Å². The van der Waals surface area contributed by atoms with Gasteiger partial charge in [-0.15, -0.1) is 0 Å². The van der Waals surface area contributed by atoms with Crippen LogP contribution in [0, 0.1) is 0 Å². The van der Waals surface area contributed by atoms with Crippen LogP contribution in [0.15, 0.2) is 45.6 Å². The van der Waals surface area contributed by atoms with Crippen molar-refractivity contribution in [3.63, 3.8) is 0 Å². The molecule has 0 radical (unpaired) electrons. The molecule has 2 N–H and O–H groups in total. The fourth-order valence-electron chi connectivity index (χ4n) is 3.39. The number of ether oxygens (including phenoxy) is 2. The zero-order valence-electron chi connectivity index (χ0n) is 19.1. The molecule has 2 aromatic carbocycles. The zero-order valence-corrected chi connectivity index (χ0v) is 21.1. The third kappa shape index (κ3) is 6.18. The van der Waals surface area contributed by atoms with E-state index in [1.807, 2.05) is 6.92 Å². The van der Waals surface area contributed by atoms with E-state index in [2.05, 4.69) is 0 Å². The molecule has 174 valence electrons. The van der Waals surface area contributed by atoms with Crippen molar-refractivity contribution in [3.8, 4) is 17.2 Å². The van der Waals surface area contributed by atoms with Gasteiger partial charge in [0.2, 0.25) is 0 Å². The van der Waals surface area contributed by atoms with Crippen molar-refractivity contribution in [3.05, 3.63) is 63.5 Å². The Hall–Kier alpha value is -2.85. The Morgan fingerprint density at radius 3 is 2.41 bits per heavy atom. The molecule has 0 fully saturated rings. The number of aromatic carboxylic acids is 1. The third-order valence-electron chi connectivity index (χ3n) is 4.88. The number of carbonyl (C=O) groups excluding carboxylic acids is 2. The van der Waals surface area contributed by atoms with Crippen molar-refractivity contribution < 1.29 is 68.4 Å². The number of aliphatic hydroxyl groups is 1. The third-order valence-corrected chi connectivity index (χ3v) is 4.88. The molecule has 34 heavy (non-hydrogen) atoms. The van der Waals surface area contributed by atoms with Gasteiger partial charge in [-0.25, -0.2) is 0 Å². The fourth-order valence-corrected chi connectivity index (χ4v) is 3.39. The van der Waals surface area contributed by atoms with Crippen molar-refractivity contribution in [2.75, 3.05) is 13.2 Å². The predicted octanol–water partition coefficient (Wildman–Crippen LogP) is -1.16. The monoisotopic (exact) mass is 478 g/mol. The summed E-state index contributed by atoms with van der Waals surface area (Å²) in [7, 11) is 0. The molecule has 3 aromatic rings. The van der Waals surface area contributed by atoms with E-state index in [9.17, 15) is 29.7 Å². The van der Waals surface area contributed by atoms with Crippen LogP contribution in [0.4, 0.5) is 0 Å². The van der Waals surface area contributed by atoms with E-state index >= 15 is 0 Å². The van der Waals surface area contributed by atoms with Gasteiger partial charge in [0.1, 0.15) is 53.7 Å². The van der Waals surface area contributed by atoms with Crippen LogP contribution in [0.2, 0.25) is 0 Å². The van der Waals surface area contributed by atoms with Crippen LogP contribution in [0.25, 0.3) is 11.0 Å². The molecule has 1 aromatic heterocycles. The van der Waals surface area contributed by atoms with Crippen LogP contribution in [0.1, 0.15) is 46.7 Å². The summed E-state index contributed by atoms with van der Waals surface area (Å²) < 4.78 is 16.6. The molecule has 0 saturated heterocycles. The summed E-state index contributed by atoms with van der Waals surface area (Å²) in [5.74, 6) is -2.33.